The molecule has 2 nitrogen and oxygen atoms in total. The summed E-state index contributed by atoms with van der Waals surface area (Å²) in [6.45, 7) is 5.45. The fraction of sp³-hybridized carbons (Fsp3) is 0.474. The van der Waals surface area contributed by atoms with Crippen molar-refractivity contribution in [3.05, 3.63) is 47.2 Å². The van der Waals surface area contributed by atoms with Crippen LogP contribution in [0, 0.1) is 0 Å². The highest BCUT2D eigenvalue weighted by Gasteiger charge is 2.17. The van der Waals surface area contributed by atoms with Gasteiger partial charge in [-0.15, -0.1) is 0 Å². The number of hydrogen-bond donors (Lipinski definition) is 1. The van der Waals surface area contributed by atoms with Gasteiger partial charge in [0, 0.05) is 10.9 Å². The summed E-state index contributed by atoms with van der Waals surface area (Å²) in [6, 6.07) is 8.63. The van der Waals surface area contributed by atoms with Crippen molar-refractivity contribution in [2.75, 3.05) is 6.54 Å². The van der Waals surface area contributed by atoms with Gasteiger partial charge in [0.15, 0.2) is 0 Å². The van der Waals surface area contributed by atoms with Crippen LogP contribution >= 0.6 is 0 Å². The number of para-hydroxylation sites is 1. The van der Waals surface area contributed by atoms with E-state index in [-0.39, 0.29) is 6.04 Å². The molecule has 0 bridgehead atoms. The van der Waals surface area contributed by atoms with Gasteiger partial charge in [-0.1, -0.05) is 36.8 Å². The zero-order valence-electron chi connectivity index (χ0n) is 13.1. The summed E-state index contributed by atoms with van der Waals surface area (Å²) in [5.74, 6) is 1.11. The third kappa shape index (κ3) is 3.06. The molecule has 21 heavy (non-hydrogen) atoms. The van der Waals surface area contributed by atoms with E-state index >= 15 is 0 Å². The molecule has 3 rings (SSSR count). The van der Waals surface area contributed by atoms with Crippen molar-refractivity contribution >= 4 is 11.0 Å². The highest BCUT2D eigenvalue weighted by atomic mass is 16.3. The second-order valence-electron chi connectivity index (χ2n) is 5.97. The highest BCUT2D eigenvalue weighted by molar-refractivity contribution is 5.82. The van der Waals surface area contributed by atoms with Gasteiger partial charge in [0.25, 0.3) is 0 Å². The minimum absolute atomic E-state index is 0.273. The summed E-state index contributed by atoms with van der Waals surface area (Å²) in [5.41, 5.74) is 3.98. The van der Waals surface area contributed by atoms with Crippen LogP contribution in [0.1, 0.15) is 56.9 Å². The van der Waals surface area contributed by atoms with Gasteiger partial charge in [0.05, 0.1) is 6.04 Å². The molecule has 1 atom stereocenters. The molecule has 1 N–H and O–H groups in total. The fourth-order valence-corrected chi connectivity index (χ4v) is 3.34. The smallest absolute Gasteiger partial charge is 0.134 e. The van der Waals surface area contributed by atoms with Gasteiger partial charge < -0.3 is 9.73 Å². The first-order valence-corrected chi connectivity index (χ1v) is 8.21. The molecule has 1 aromatic carbocycles. The van der Waals surface area contributed by atoms with Crippen molar-refractivity contribution in [2.24, 2.45) is 0 Å². The highest BCUT2D eigenvalue weighted by Crippen LogP contribution is 2.30. The van der Waals surface area contributed by atoms with Gasteiger partial charge in [0.1, 0.15) is 11.3 Å². The van der Waals surface area contributed by atoms with Gasteiger partial charge in [0.2, 0.25) is 0 Å². The molecular formula is C19H25NO. The molecule has 1 aromatic heterocycles. The maximum Gasteiger partial charge on any atom is 0.134 e. The quantitative estimate of drug-likeness (QED) is 0.742. The van der Waals surface area contributed by atoms with Gasteiger partial charge >= 0.3 is 0 Å². The Morgan fingerprint density at radius 2 is 2.14 bits per heavy atom. The topological polar surface area (TPSA) is 25.2 Å². The van der Waals surface area contributed by atoms with Crippen molar-refractivity contribution in [3.63, 3.8) is 0 Å². The van der Waals surface area contributed by atoms with Crippen LogP contribution in [0.2, 0.25) is 0 Å². The lowest BCUT2D eigenvalue weighted by Gasteiger charge is -2.13. The van der Waals surface area contributed by atoms with E-state index in [0.29, 0.717) is 0 Å². The van der Waals surface area contributed by atoms with Gasteiger partial charge in [-0.25, -0.2) is 0 Å². The van der Waals surface area contributed by atoms with Crippen LogP contribution in [-0.2, 0) is 6.42 Å². The summed E-state index contributed by atoms with van der Waals surface area (Å²) in [5, 5.41) is 4.89. The van der Waals surface area contributed by atoms with Crippen molar-refractivity contribution < 1.29 is 4.42 Å². The maximum absolute atomic E-state index is 6.10. The molecule has 1 unspecified atom stereocenters. The Morgan fingerprint density at radius 1 is 1.29 bits per heavy atom. The predicted octanol–water partition coefficient (Wildman–Crippen LogP) is 5.15. The lowest BCUT2D eigenvalue weighted by molar-refractivity contribution is 0.448. The Balaban J connectivity index is 1.70. The standard InChI is InChI=1S/C19H25NO/c1-3-16-17-10-6-7-11-18(17)21-19(16)14(2)20-13-12-15-8-4-5-9-15/h6-8,10-11,14,20H,3-5,9,12-13H2,1-2H3. The molecule has 1 aliphatic rings. The van der Waals surface area contributed by atoms with Crippen molar-refractivity contribution in [1.29, 1.82) is 0 Å². The van der Waals surface area contributed by atoms with Crippen LogP contribution < -0.4 is 5.32 Å². The lowest BCUT2D eigenvalue weighted by Crippen LogP contribution is -2.20. The SMILES string of the molecule is CCc1c(C(C)NCCC2=CCCC2)oc2ccccc12. The number of fused-ring (bicyclic) bond motifs is 1. The molecule has 2 aromatic rings. The normalized spacial score (nSPS) is 16.4. The minimum atomic E-state index is 0.273. The zero-order valence-corrected chi connectivity index (χ0v) is 13.1. The average molecular weight is 283 g/mol. The van der Waals surface area contributed by atoms with Crippen LogP contribution in [-0.4, -0.2) is 6.54 Å². The lowest BCUT2D eigenvalue weighted by atomic mass is 10.0. The molecular weight excluding hydrogens is 258 g/mol. The number of benzene rings is 1. The van der Waals surface area contributed by atoms with Gasteiger partial charge in [-0.2, -0.15) is 0 Å². The second-order valence-corrected chi connectivity index (χ2v) is 5.97. The number of rotatable bonds is 6. The molecule has 0 fully saturated rings. The number of allylic oxidation sites excluding steroid dienone is 1. The Kier molecular flexibility index (Phi) is 4.45. The number of nitrogens with one attached hydrogen (secondary N) is 1. The first-order valence-electron chi connectivity index (χ1n) is 8.21. The van der Waals surface area contributed by atoms with E-state index in [1.165, 1.54) is 36.6 Å². The maximum atomic E-state index is 6.10. The Hall–Kier alpha value is -1.54. The molecule has 0 amide bonds. The van der Waals surface area contributed by atoms with Crippen molar-refractivity contribution in [1.82, 2.24) is 5.32 Å². The molecule has 0 saturated carbocycles. The molecule has 1 aliphatic carbocycles. The van der Waals surface area contributed by atoms with Crippen molar-refractivity contribution in [2.45, 2.75) is 52.0 Å². The summed E-state index contributed by atoms with van der Waals surface area (Å²) in [6.07, 6.45) is 8.50. The number of hydrogen-bond acceptors (Lipinski definition) is 2. The van der Waals surface area contributed by atoms with Crippen LogP contribution in [0.5, 0.6) is 0 Å². The minimum Gasteiger partial charge on any atom is -0.459 e. The van der Waals surface area contributed by atoms with Crippen LogP contribution in [0.3, 0.4) is 0 Å². The third-order valence-electron chi connectivity index (χ3n) is 4.51. The summed E-state index contributed by atoms with van der Waals surface area (Å²) >= 11 is 0. The van der Waals surface area contributed by atoms with Crippen LogP contribution in [0.4, 0.5) is 0 Å². The molecule has 0 saturated heterocycles. The molecule has 1 heterocycles. The van der Waals surface area contributed by atoms with E-state index in [9.17, 15) is 0 Å². The summed E-state index contributed by atoms with van der Waals surface area (Å²) in [7, 11) is 0. The van der Waals surface area contributed by atoms with E-state index in [1.807, 2.05) is 6.07 Å². The fourth-order valence-electron chi connectivity index (χ4n) is 3.34. The van der Waals surface area contributed by atoms with E-state index in [1.54, 1.807) is 5.57 Å². The summed E-state index contributed by atoms with van der Waals surface area (Å²) in [4.78, 5) is 0. The largest absolute Gasteiger partial charge is 0.459 e. The van der Waals surface area contributed by atoms with Crippen molar-refractivity contribution in [3.8, 4) is 0 Å². The Morgan fingerprint density at radius 3 is 2.90 bits per heavy atom. The second kappa shape index (κ2) is 6.48. The molecule has 0 spiro atoms. The first kappa shape index (κ1) is 14.4. The molecule has 0 radical (unpaired) electrons. The van der Waals surface area contributed by atoms with Gasteiger partial charge in [-0.3, -0.25) is 0 Å². The number of furan rings is 1. The Bertz CT molecular complexity index is 638. The Labute approximate surface area is 127 Å². The van der Waals surface area contributed by atoms with E-state index in [4.69, 9.17) is 4.42 Å². The van der Waals surface area contributed by atoms with E-state index in [0.717, 1.165) is 24.3 Å². The van der Waals surface area contributed by atoms with Crippen LogP contribution in [0.15, 0.2) is 40.3 Å². The molecule has 112 valence electrons. The predicted molar refractivity (Wildman–Crippen MR) is 88.6 cm³/mol. The third-order valence-corrected chi connectivity index (χ3v) is 4.51. The number of aryl methyl sites for hydroxylation is 1. The molecule has 0 aliphatic heterocycles. The zero-order chi connectivity index (χ0) is 14.7. The summed E-state index contributed by atoms with van der Waals surface area (Å²) < 4.78 is 6.10. The van der Waals surface area contributed by atoms with Gasteiger partial charge in [-0.05, 0) is 51.6 Å². The molecule has 2 heteroatoms. The van der Waals surface area contributed by atoms with E-state index in [2.05, 4.69) is 43.4 Å². The average Bonchev–Trinajstić information content (AvgIpc) is 3.13. The monoisotopic (exact) mass is 283 g/mol. The van der Waals surface area contributed by atoms with E-state index < -0.39 is 0 Å². The first-order chi connectivity index (χ1) is 10.3. The van der Waals surface area contributed by atoms with Crippen LogP contribution in [0.25, 0.3) is 11.0 Å².